The maximum absolute atomic E-state index is 8.58. The Balaban J connectivity index is 3.10. The summed E-state index contributed by atoms with van der Waals surface area (Å²) in [7, 11) is 0. The van der Waals surface area contributed by atoms with E-state index in [0.29, 0.717) is 6.54 Å². The van der Waals surface area contributed by atoms with Gasteiger partial charge in [0.25, 0.3) is 0 Å². The van der Waals surface area contributed by atoms with Crippen LogP contribution in [0.5, 0.6) is 0 Å². The molecule has 0 heterocycles. The van der Waals surface area contributed by atoms with Crippen molar-refractivity contribution >= 4 is 15.9 Å². The van der Waals surface area contributed by atoms with E-state index in [-0.39, 0.29) is 0 Å². The fraction of sp³-hybridized carbons (Fsp3) is 0.333. The second kappa shape index (κ2) is 4.03. The first-order valence-corrected chi connectivity index (χ1v) is 4.57. The number of hydrogen-bond donors (Lipinski definition) is 2. The molecule has 0 unspecified atom stereocenters. The van der Waals surface area contributed by atoms with Crippen LogP contribution in [0.15, 0.2) is 16.6 Å². The van der Waals surface area contributed by atoms with E-state index in [2.05, 4.69) is 21.4 Å². The molecule has 0 saturated carbocycles. The lowest BCUT2D eigenvalue weighted by atomic mass is 10.0. The van der Waals surface area contributed by atoms with Gasteiger partial charge in [-0.1, -0.05) is 15.9 Å². The monoisotopic (exact) mass is 229 g/mol. The molecule has 0 amide bonds. The smallest absolute Gasteiger partial charge is 0.0463 e. The van der Waals surface area contributed by atoms with E-state index < -0.39 is 0 Å². The van der Waals surface area contributed by atoms with Gasteiger partial charge in [0.15, 0.2) is 0 Å². The van der Waals surface area contributed by atoms with Crippen molar-refractivity contribution in [1.82, 2.24) is 5.48 Å². The third kappa shape index (κ3) is 2.06. The van der Waals surface area contributed by atoms with Crippen molar-refractivity contribution in [2.24, 2.45) is 0 Å². The minimum absolute atomic E-state index is 0.505. The molecule has 0 bridgehead atoms. The summed E-state index contributed by atoms with van der Waals surface area (Å²) in [6.07, 6.45) is 0. The predicted octanol–water partition coefficient (Wildman–Crippen LogP) is 2.54. The zero-order valence-electron chi connectivity index (χ0n) is 7.19. The number of benzene rings is 1. The van der Waals surface area contributed by atoms with Gasteiger partial charge in [-0.15, -0.1) is 0 Å². The highest BCUT2D eigenvalue weighted by molar-refractivity contribution is 9.10. The fourth-order valence-electron chi connectivity index (χ4n) is 1.30. The summed E-state index contributed by atoms with van der Waals surface area (Å²) in [4.78, 5) is 0. The number of aryl methyl sites for hydroxylation is 2. The molecule has 0 radical (unpaired) electrons. The Hall–Kier alpha value is -0.380. The molecule has 2 nitrogen and oxygen atoms in total. The van der Waals surface area contributed by atoms with Gasteiger partial charge in [-0.3, -0.25) is 0 Å². The van der Waals surface area contributed by atoms with Crippen molar-refractivity contribution in [3.05, 3.63) is 33.3 Å². The van der Waals surface area contributed by atoms with Crippen LogP contribution < -0.4 is 5.48 Å². The van der Waals surface area contributed by atoms with Crippen molar-refractivity contribution < 1.29 is 5.21 Å². The zero-order valence-corrected chi connectivity index (χ0v) is 8.77. The first-order valence-electron chi connectivity index (χ1n) is 3.77. The van der Waals surface area contributed by atoms with Crippen LogP contribution in [0, 0.1) is 13.8 Å². The standard InChI is InChI=1S/C9H12BrNO/c1-6-3-8(10)4-7(2)9(6)5-11-12/h3-4,11-12H,5H2,1-2H3. The molecular formula is C9H12BrNO. The second-order valence-electron chi connectivity index (χ2n) is 2.85. The van der Waals surface area contributed by atoms with Crippen LogP contribution in [0.2, 0.25) is 0 Å². The third-order valence-electron chi connectivity index (χ3n) is 1.92. The molecule has 1 rings (SSSR count). The Kier molecular flexibility index (Phi) is 3.26. The van der Waals surface area contributed by atoms with Gasteiger partial charge >= 0.3 is 0 Å². The SMILES string of the molecule is Cc1cc(Br)cc(C)c1CNO. The summed E-state index contributed by atoms with van der Waals surface area (Å²) in [5.74, 6) is 0. The molecule has 0 aliphatic heterocycles. The Morgan fingerprint density at radius 1 is 1.33 bits per heavy atom. The van der Waals surface area contributed by atoms with E-state index in [1.807, 2.05) is 26.0 Å². The van der Waals surface area contributed by atoms with Gasteiger partial charge in [0.05, 0.1) is 0 Å². The molecular weight excluding hydrogens is 218 g/mol. The average molecular weight is 230 g/mol. The Morgan fingerprint density at radius 2 is 1.83 bits per heavy atom. The first kappa shape index (κ1) is 9.71. The Labute approximate surface area is 80.7 Å². The van der Waals surface area contributed by atoms with Crippen molar-refractivity contribution in [3.8, 4) is 0 Å². The van der Waals surface area contributed by atoms with Gasteiger partial charge in [0.2, 0.25) is 0 Å². The van der Waals surface area contributed by atoms with Crippen molar-refractivity contribution in [2.45, 2.75) is 20.4 Å². The first-order chi connectivity index (χ1) is 5.65. The molecule has 0 atom stereocenters. The topological polar surface area (TPSA) is 32.3 Å². The van der Waals surface area contributed by atoms with Crippen LogP contribution >= 0.6 is 15.9 Å². The Bertz CT molecular complexity index is 263. The number of rotatable bonds is 2. The lowest BCUT2D eigenvalue weighted by Crippen LogP contribution is -2.09. The van der Waals surface area contributed by atoms with Crippen LogP contribution in [0.25, 0.3) is 0 Å². The highest BCUT2D eigenvalue weighted by Crippen LogP contribution is 2.20. The lowest BCUT2D eigenvalue weighted by Gasteiger charge is -2.08. The van der Waals surface area contributed by atoms with Crippen LogP contribution in [0.3, 0.4) is 0 Å². The summed E-state index contributed by atoms with van der Waals surface area (Å²) in [5, 5.41) is 8.58. The van der Waals surface area contributed by atoms with Crippen LogP contribution in [-0.4, -0.2) is 5.21 Å². The van der Waals surface area contributed by atoms with E-state index in [1.54, 1.807) is 0 Å². The summed E-state index contributed by atoms with van der Waals surface area (Å²) in [5.41, 5.74) is 5.69. The minimum atomic E-state index is 0.505. The predicted molar refractivity (Wildman–Crippen MR) is 52.2 cm³/mol. The minimum Gasteiger partial charge on any atom is -0.316 e. The van der Waals surface area contributed by atoms with Gasteiger partial charge in [-0.25, -0.2) is 5.48 Å². The van der Waals surface area contributed by atoms with Crippen LogP contribution in [-0.2, 0) is 6.54 Å². The summed E-state index contributed by atoms with van der Waals surface area (Å²) in [6.45, 7) is 4.57. The lowest BCUT2D eigenvalue weighted by molar-refractivity contribution is 0.161. The third-order valence-corrected chi connectivity index (χ3v) is 2.37. The molecule has 3 heteroatoms. The molecule has 2 N–H and O–H groups in total. The molecule has 66 valence electrons. The van der Waals surface area contributed by atoms with Crippen molar-refractivity contribution in [1.29, 1.82) is 0 Å². The average Bonchev–Trinajstić information content (AvgIpc) is 1.96. The number of hydrogen-bond acceptors (Lipinski definition) is 2. The van der Waals surface area contributed by atoms with Crippen LogP contribution in [0.4, 0.5) is 0 Å². The quantitative estimate of drug-likeness (QED) is 0.765. The molecule has 0 saturated heterocycles. The van der Waals surface area contributed by atoms with E-state index in [9.17, 15) is 0 Å². The summed E-state index contributed by atoms with van der Waals surface area (Å²) >= 11 is 3.42. The van der Waals surface area contributed by atoms with Gasteiger partial charge in [-0.05, 0) is 42.7 Å². The normalized spacial score (nSPS) is 10.3. The highest BCUT2D eigenvalue weighted by Gasteiger charge is 2.02. The molecule has 1 aromatic carbocycles. The van der Waals surface area contributed by atoms with E-state index in [4.69, 9.17) is 5.21 Å². The molecule has 0 aromatic heterocycles. The molecule has 0 aliphatic carbocycles. The molecule has 12 heavy (non-hydrogen) atoms. The zero-order chi connectivity index (χ0) is 9.14. The molecule has 0 aliphatic rings. The van der Waals surface area contributed by atoms with Gasteiger partial charge in [-0.2, -0.15) is 0 Å². The maximum Gasteiger partial charge on any atom is 0.0463 e. The number of nitrogens with one attached hydrogen (secondary N) is 1. The maximum atomic E-state index is 8.58. The summed E-state index contributed by atoms with van der Waals surface area (Å²) in [6, 6.07) is 4.08. The van der Waals surface area contributed by atoms with Gasteiger partial charge < -0.3 is 5.21 Å². The number of hydroxylamine groups is 1. The van der Waals surface area contributed by atoms with Gasteiger partial charge in [0.1, 0.15) is 0 Å². The fourth-order valence-corrected chi connectivity index (χ4v) is 1.99. The van der Waals surface area contributed by atoms with E-state index in [0.717, 1.165) is 10.0 Å². The Morgan fingerprint density at radius 3 is 2.25 bits per heavy atom. The van der Waals surface area contributed by atoms with Gasteiger partial charge in [0, 0.05) is 11.0 Å². The van der Waals surface area contributed by atoms with Crippen molar-refractivity contribution in [3.63, 3.8) is 0 Å². The molecule has 1 aromatic rings. The van der Waals surface area contributed by atoms with E-state index >= 15 is 0 Å². The summed E-state index contributed by atoms with van der Waals surface area (Å²) < 4.78 is 1.08. The van der Waals surface area contributed by atoms with Crippen molar-refractivity contribution in [2.75, 3.05) is 0 Å². The second-order valence-corrected chi connectivity index (χ2v) is 3.77. The number of halogens is 1. The largest absolute Gasteiger partial charge is 0.316 e. The van der Waals surface area contributed by atoms with Crippen LogP contribution in [0.1, 0.15) is 16.7 Å². The van der Waals surface area contributed by atoms with E-state index in [1.165, 1.54) is 11.1 Å². The highest BCUT2D eigenvalue weighted by atomic mass is 79.9. The molecule has 0 spiro atoms. The molecule has 0 fully saturated rings.